The van der Waals surface area contributed by atoms with Gasteiger partial charge in [-0.05, 0) is 42.7 Å². The molecule has 0 unspecified atom stereocenters. The number of nitriles is 1. The lowest BCUT2D eigenvalue weighted by Gasteiger charge is -2.38. The summed E-state index contributed by atoms with van der Waals surface area (Å²) in [5.41, 5.74) is 3.81. The molecule has 5 nitrogen and oxygen atoms in total. The molecule has 132 valence electrons. The largest absolute Gasteiger partial charge is 0.374 e. The summed E-state index contributed by atoms with van der Waals surface area (Å²) in [6.07, 6.45) is 2.51. The minimum atomic E-state index is -0.136. The molecule has 1 saturated carbocycles. The van der Waals surface area contributed by atoms with Crippen LogP contribution in [0.3, 0.4) is 0 Å². The molecule has 0 spiro atoms. The van der Waals surface area contributed by atoms with E-state index >= 15 is 0 Å². The minimum Gasteiger partial charge on any atom is -0.374 e. The normalized spacial score (nSPS) is 18.7. The van der Waals surface area contributed by atoms with Crippen LogP contribution in [0.15, 0.2) is 48.5 Å². The fourth-order valence-corrected chi connectivity index (χ4v) is 3.50. The van der Waals surface area contributed by atoms with Crippen LogP contribution in [0.2, 0.25) is 0 Å². The second-order valence-corrected chi connectivity index (χ2v) is 6.96. The molecule has 26 heavy (non-hydrogen) atoms. The predicted octanol–water partition coefficient (Wildman–Crippen LogP) is 3.77. The quantitative estimate of drug-likeness (QED) is 0.895. The number of para-hydroxylation sites is 1. The number of hydrogen-bond donors (Lipinski definition) is 1. The maximum atomic E-state index is 13.0. The van der Waals surface area contributed by atoms with Crippen LogP contribution in [-0.4, -0.2) is 30.4 Å². The Bertz CT molecular complexity index is 851. The van der Waals surface area contributed by atoms with Crippen LogP contribution < -0.4 is 10.2 Å². The number of carbonyl (C=O) groups is 1. The first kappa shape index (κ1) is 16.5. The molecule has 0 aromatic heterocycles. The van der Waals surface area contributed by atoms with E-state index in [1.165, 1.54) is 0 Å². The lowest BCUT2D eigenvalue weighted by atomic mass is 10.0. The zero-order valence-electron chi connectivity index (χ0n) is 14.9. The van der Waals surface area contributed by atoms with E-state index in [-0.39, 0.29) is 12.1 Å². The van der Waals surface area contributed by atoms with Gasteiger partial charge in [-0.15, -0.1) is 0 Å². The number of amides is 1. The molecule has 1 N–H and O–H groups in total. The SMILES string of the molecule is CN(CCC#N)c1ccc([C@@H]2Nc3ccccc3C(=O)N2C2CC2)cc1. The molecule has 5 heteroatoms. The zero-order valence-corrected chi connectivity index (χ0v) is 14.9. The van der Waals surface area contributed by atoms with Crippen LogP contribution in [0, 0.1) is 11.3 Å². The van der Waals surface area contributed by atoms with Crippen molar-refractivity contribution < 1.29 is 4.79 Å². The molecule has 1 atom stereocenters. The third-order valence-corrected chi connectivity index (χ3v) is 5.11. The maximum Gasteiger partial charge on any atom is 0.258 e. The third-order valence-electron chi connectivity index (χ3n) is 5.11. The Morgan fingerprint density at radius 2 is 1.92 bits per heavy atom. The minimum absolute atomic E-state index is 0.113. The molecule has 2 aromatic carbocycles. The van der Waals surface area contributed by atoms with Gasteiger partial charge in [0.15, 0.2) is 0 Å². The van der Waals surface area contributed by atoms with Crippen LogP contribution in [-0.2, 0) is 0 Å². The second-order valence-electron chi connectivity index (χ2n) is 6.96. The van der Waals surface area contributed by atoms with Gasteiger partial charge >= 0.3 is 0 Å². The number of fused-ring (bicyclic) bond motifs is 1. The average Bonchev–Trinajstić information content (AvgIpc) is 3.51. The van der Waals surface area contributed by atoms with Crippen molar-refractivity contribution in [3.05, 3.63) is 59.7 Å². The van der Waals surface area contributed by atoms with Gasteiger partial charge in [0.25, 0.3) is 5.91 Å². The molecule has 0 bridgehead atoms. The van der Waals surface area contributed by atoms with Gasteiger partial charge in [-0.25, -0.2) is 0 Å². The van der Waals surface area contributed by atoms with E-state index in [4.69, 9.17) is 5.26 Å². The molecule has 1 aliphatic carbocycles. The van der Waals surface area contributed by atoms with E-state index in [1.54, 1.807) is 0 Å². The average molecular weight is 346 g/mol. The topological polar surface area (TPSA) is 59.4 Å². The molecule has 0 saturated heterocycles. The lowest BCUT2D eigenvalue weighted by molar-refractivity contribution is 0.0666. The van der Waals surface area contributed by atoms with Crippen LogP contribution in [0.4, 0.5) is 11.4 Å². The lowest BCUT2D eigenvalue weighted by Crippen LogP contribution is -2.44. The number of benzene rings is 2. The summed E-state index contributed by atoms with van der Waals surface area (Å²) in [4.78, 5) is 17.1. The van der Waals surface area contributed by atoms with Gasteiger partial charge in [-0.1, -0.05) is 24.3 Å². The highest BCUT2D eigenvalue weighted by atomic mass is 16.2. The fourth-order valence-electron chi connectivity index (χ4n) is 3.50. The van der Waals surface area contributed by atoms with E-state index in [9.17, 15) is 4.79 Å². The predicted molar refractivity (Wildman–Crippen MR) is 102 cm³/mol. The Morgan fingerprint density at radius 1 is 1.19 bits per heavy atom. The van der Waals surface area contributed by atoms with Crippen molar-refractivity contribution in [1.29, 1.82) is 5.26 Å². The molecular weight excluding hydrogens is 324 g/mol. The van der Waals surface area contributed by atoms with Crippen LogP contribution in [0.1, 0.15) is 41.3 Å². The smallest absolute Gasteiger partial charge is 0.258 e. The zero-order chi connectivity index (χ0) is 18.1. The van der Waals surface area contributed by atoms with E-state index in [0.717, 1.165) is 35.3 Å². The molecule has 1 fully saturated rings. The Balaban J connectivity index is 1.62. The number of nitrogens with one attached hydrogen (secondary N) is 1. The standard InChI is InChI=1S/C21H22N4O/c1-24(14-4-13-22)16-9-7-15(8-10-16)20-23-19-6-3-2-5-18(19)21(26)25(20)17-11-12-17/h2-3,5-10,17,20,23H,4,11-12,14H2,1H3/t20-/m1/s1. The molecule has 1 amide bonds. The first-order valence-corrected chi connectivity index (χ1v) is 9.05. The highest BCUT2D eigenvalue weighted by Gasteiger charge is 2.41. The van der Waals surface area contributed by atoms with Gasteiger partial charge in [0.05, 0.1) is 18.1 Å². The van der Waals surface area contributed by atoms with E-state index < -0.39 is 0 Å². The summed E-state index contributed by atoms with van der Waals surface area (Å²) < 4.78 is 0. The maximum absolute atomic E-state index is 13.0. The Hall–Kier alpha value is -3.00. The van der Waals surface area contributed by atoms with Crippen molar-refractivity contribution in [2.75, 3.05) is 23.8 Å². The summed E-state index contributed by atoms with van der Waals surface area (Å²) in [7, 11) is 1.99. The molecule has 0 radical (unpaired) electrons. The van der Waals surface area contributed by atoms with Crippen molar-refractivity contribution >= 4 is 17.3 Å². The molecule has 2 aromatic rings. The molecule has 4 rings (SSSR count). The monoisotopic (exact) mass is 346 g/mol. The number of anilines is 2. The number of rotatable bonds is 5. The summed E-state index contributed by atoms with van der Waals surface area (Å²) in [6, 6.07) is 18.5. The fraction of sp³-hybridized carbons (Fsp3) is 0.333. The highest BCUT2D eigenvalue weighted by molar-refractivity contribution is 6.02. The van der Waals surface area contributed by atoms with E-state index in [0.29, 0.717) is 19.0 Å². The van der Waals surface area contributed by atoms with Crippen molar-refractivity contribution in [1.82, 2.24) is 4.90 Å². The number of hydrogen-bond acceptors (Lipinski definition) is 4. The van der Waals surface area contributed by atoms with Gasteiger partial charge in [0, 0.05) is 31.0 Å². The van der Waals surface area contributed by atoms with Crippen molar-refractivity contribution in [2.45, 2.75) is 31.5 Å². The van der Waals surface area contributed by atoms with Crippen molar-refractivity contribution in [2.24, 2.45) is 0 Å². The van der Waals surface area contributed by atoms with Gasteiger partial charge in [-0.3, -0.25) is 4.79 Å². The molecule has 1 heterocycles. The molecule has 2 aliphatic rings. The second kappa shape index (κ2) is 6.72. The summed E-state index contributed by atoms with van der Waals surface area (Å²) in [6.45, 7) is 0.706. The van der Waals surface area contributed by atoms with E-state index in [2.05, 4.69) is 40.6 Å². The Kier molecular flexibility index (Phi) is 4.26. The molecular formula is C21H22N4O. The highest BCUT2D eigenvalue weighted by Crippen LogP contribution is 2.40. The third kappa shape index (κ3) is 2.99. The Morgan fingerprint density at radius 3 is 2.62 bits per heavy atom. The van der Waals surface area contributed by atoms with Crippen LogP contribution in [0.25, 0.3) is 0 Å². The number of carbonyl (C=O) groups excluding carboxylic acids is 1. The van der Waals surface area contributed by atoms with Gasteiger partial charge in [0.1, 0.15) is 6.17 Å². The first-order valence-electron chi connectivity index (χ1n) is 9.05. The van der Waals surface area contributed by atoms with Crippen molar-refractivity contribution in [3.63, 3.8) is 0 Å². The van der Waals surface area contributed by atoms with Gasteiger partial charge < -0.3 is 15.1 Å². The van der Waals surface area contributed by atoms with Crippen LogP contribution in [0.5, 0.6) is 0 Å². The Labute approximate surface area is 153 Å². The first-order chi connectivity index (χ1) is 12.7. The summed E-state index contributed by atoms with van der Waals surface area (Å²) >= 11 is 0. The van der Waals surface area contributed by atoms with E-state index in [1.807, 2.05) is 36.2 Å². The summed E-state index contributed by atoms with van der Waals surface area (Å²) in [5, 5.41) is 12.3. The van der Waals surface area contributed by atoms with Crippen molar-refractivity contribution in [3.8, 4) is 6.07 Å². The van der Waals surface area contributed by atoms with Crippen LogP contribution >= 0.6 is 0 Å². The summed E-state index contributed by atoms with van der Waals surface area (Å²) in [5.74, 6) is 0.113. The van der Waals surface area contributed by atoms with Gasteiger partial charge in [0.2, 0.25) is 0 Å². The molecule has 1 aliphatic heterocycles. The number of nitrogens with zero attached hydrogens (tertiary/aromatic N) is 3. The van der Waals surface area contributed by atoms with Gasteiger partial charge in [-0.2, -0.15) is 5.26 Å².